The van der Waals surface area contributed by atoms with Crippen LogP contribution in [0.5, 0.6) is 0 Å². The Labute approximate surface area is 198 Å². The lowest BCUT2D eigenvalue weighted by Crippen LogP contribution is -2.17. The van der Waals surface area contributed by atoms with Crippen molar-refractivity contribution < 1.29 is 9.53 Å². The summed E-state index contributed by atoms with van der Waals surface area (Å²) in [6.07, 6.45) is 4.18. The molecule has 1 fully saturated rings. The number of thiazole rings is 1. The van der Waals surface area contributed by atoms with Crippen LogP contribution in [0, 0.1) is 20.8 Å². The molecule has 0 spiro atoms. The first-order valence-electron chi connectivity index (χ1n) is 11.2. The maximum Gasteiger partial charge on any atom is 0.221 e. The normalized spacial score (nSPS) is 16.6. The van der Waals surface area contributed by atoms with E-state index in [0.717, 1.165) is 46.8 Å². The van der Waals surface area contributed by atoms with Crippen LogP contribution in [-0.2, 0) is 9.53 Å². The number of carbonyl (C=O) groups excluding carboxylic acids is 1. The lowest BCUT2D eigenvalue weighted by molar-refractivity contribution is -0.114. The Morgan fingerprint density at radius 2 is 1.94 bits per heavy atom. The molecule has 0 aliphatic carbocycles. The highest BCUT2D eigenvalue weighted by Crippen LogP contribution is 2.27. The fourth-order valence-corrected chi connectivity index (χ4v) is 4.73. The molecule has 1 aliphatic rings. The van der Waals surface area contributed by atoms with Crippen molar-refractivity contribution >= 4 is 29.1 Å². The average molecular weight is 463 g/mol. The summed E-state index contributed by atoms with van der Waals surface area (Å²) in [6.45, 7) is 9.38. The van der Waals surface area contributed by atoms with E-state index in [4.69, 9.17) is 14.8 Å². The molecule has 2 aromatic carbocycles. The minimum absolute atomic E-state index is 0.0869. The van der Waals surface area contributed by atoms with Crippen LogP contribution in [0.2, 0.25) is 0 Å². The highest BCUT2D eigenvalue weighted by Gasteiger charge is 2.16. The maximum absolute atomic E-state index is 11.3. The van der Waals surface area contributed by atoms with Crippen molar-refractivity contribution in [3.8, 4) is 11.3 Å². The summed E-state index contributed by atoms with van der Waals surface area (Å²) < 4.78 is 7.68. The zero-order chi connectivity index (χ0) is 23.4. The van der Waals surface area contributed by atoms with Gasteiger partial charge in [-0.25, -0.2) is 4.68 Å². The zero-order valence-electron chi connectivity index (χ0n) is 19.6. The molecular weight excluding hydrogens is 432 g/mol. The fourth-order valence-electron chi connectivity index (χ4n) is 3.89. The number of hydrogen-bond donors (Lipinski definition) is 1. The Morgan fingerprint density at radius 3 is 2.64 bits per heavy atom. The number of aromatic nitrogens is 1. The molecule has 1 N–H and O–H groups in total. The first-order chi connectivity index (χ1) is 15.9. The molecule has 172 valence electrons. The molecule has 7 heteroatoms. The lowest BCUT2D eigenvalue weighted by Gasteiger charge is -2.11. The van der Waals surface area contributed by atoms with Gasteiger partial charge in [0.05, 0.1) is 24.6 Å². The number of hydrogen-bond acceptors (Lipinski definition) is 5. The van der Waals surface area contributed by atoms with Crippen molar-refractivity contribution in [2.75, 3.05) is 18.5 Å². The van der Waals surface area contributed by atoms with Gasteiger partial charge >= 0.3 is 0 Å². The molecule has 4 rings (SSSR count). The van der Waals surface area contributed by atoms with E-state index in [-0.39, 0.29) is 12.0 Å². The quantitative estimate of drug-likeness (QED) is 0.520. The van der Waals surface area contributed by atoms with Gasteiger partial charge in [0, 0.05) is 30.2 Å². The highest BCUT2D eigenvalue weighted by molar-refractivity contribution is 7.07. The van der Waals surface area contributed by atoms with Crippen molar-refractivity contribution in [1.29, 1.82) is 0 Å². The summed E-state index contributed by atoms with van der Waals surface area (Å²) in [5, 5.41) is 9.74. The molecule has 0 radical (unpaired) electrons. The van der Waals surface area contributed by atoms with Gasteiger partial charge in [-0.15, -0.1) is 11.3 Å². The molecule has 1 saturated heterocycles. The number of ether oxygens (including phenoxy) is 1. The smallest absolute Gasteiger partial charge is 0.221 e. The van der Waals surface area contributed by atoms with Crippen molar-refractivity contribution in [1.82, 2.24) is 4.68 Å². The first-order valence-corrected chi connectivity index (χ1v) is 12.1. The number of aryl methyl sites for hydroxylation is 3. The maximum atomic E-state index is 11.3. The lowest BCUT2D eigenvalue weighted by atomic mass is 9.99. The van der Waals surface area contributed by atoms with E-state index in [1.807, 2.05) is 35.2 Å². The number of benzene rings is 2. The summed E-state index contributed by atoms with van der Waals surface area (Å²) in [5.41, 5.74) is 7.64. The second-order valence-corrected chi connectivity index (χ2v) is 9.33. The highest BCUT2D eigenvalue weighted by atomic mass is 32.1. The van der Waals surface area contributed by atoms with E-state index in [1.165, 1.54) is 23.6 Å². The third kappa shape index (κ3) is 5.67. The van der Waals surface area contributed by atoms with Gasteiger partial charge in [0.1, 0.15) is 0 Å². The van der Waals surface area contributed by atoms with Gasteiger partial charge in [-0.3, -0.25) is 9.79 Å². The van der Waals surface area contributed by atoms with Crippen molar-refractivity contribution in [3.63, 3.8) is 0 Å². The number of anilines is 1. The van der Waals surface area contributed by atoms with Crippen LogP contribution in [0.3, 0.4) is 0 Å². The van der Waals surface area contributed by atoms with Crippen molar-refractivity contribution in [3.05, 3.63) is 68.8 Å². The van der Waals surface area contributed by atoms with Crippen LogP contribution in [0.25, 0.3) is 11.3 Å². The van der Waals surface area contributed by atoms with Gasteiger partial charge < -0.3 is 10.1 Å². The molecule has 0 bridgehead atoms. The molecule has 2 heterocycles. The number of nitrogens with zero attached hydrogens (tertiary/aromatic N) is 3. The second kappa shape index (κ2) is 10.3. The molecule has 1 unspecified atom stereocenters. The van der Waals surface area contributed by atoms with E-state index in [1.54, 1.807) is 11.3 Å². The summed E-state index contributed by atoms with van der Waals surface area (Å²) in [4.78, 5) is 17.0. The number of rotatable bonds is 6. The molecule has 0 saturated carbocycles. The van der Waals surface area contributed by atoms with Crippen LogP contribution in [0.15, 0.2) is 51.9 Å². The average Bonchev–Trinajstić information content (AvgIpc) is 3.44. The molecule has 3 aromatic rings. The van der Waals surface area contributed by atoms with Crippen LogP contribution >= 0.6 is 11.3 Å². The second-order valence-electron chi connectivity index (χ2n) is 8.49. The minimum Gasteiger partial charge on any atom is -0.376 e. The van der Waals surface area contributed by atoms with E-state index in [0.29, 0.717) is 6.54 Å². The van der Waals surface area contributed by atoms with E-state index in [9.17, 15) is 4.79 Å². The summed E-state index contributed by atoms with van der Waals surface area (Å²) in [5.74, 6) is -0.0869. The predicted octanol–water partition coefficient (Wildman–Crippen LogP) is 5.06. The van der Waals surface area contributed by atoms with Crippen LogP contribution in [-0.4, -0.2) is 36.1 Å². The van der Waals surface area contributed by atoms with Crippen LogP contribution in [0.4, 0.5) is 5.69 Å². The molecule has 1 aliphatic heterocycles. The molecule has 33 heavy (non-hydrogen) atoms. The van der Waals surface area contributed by atoms with Gasteiger partial charge in [-0.2, -0.15) is 5.10 Å². The molecule has 1 aromatic heterocycles. The third-order valence-corrected chi connectivity index (χ3v) is 6.66. The minimum atomic E-state index is -0.0869. The molecule has 6 nitrogen and oxygen atoms in total. The topological polar surface area (TPSA) is 68.0 Å². The van der Waals surface area contributed by atoms with Crippen molar-refractivity contribution in [2.45, 2.75) is 46.6 Å². The predicted molar refractivity (Wildman–Crippen MR) is 135 cm³/mol. The largest absolute Gasteiger partial charge is 0.376 e. The zero-order valence-corrected chi connectivity index (χ0v) is 20.4. The number of carbonyl (C=O) groups is 1. The van der Waals surface area contributed by atoms with Gasteiger partial charge in [-0.1, -0.05) is 18.2 Å². The SMILES string of the molecule is CC(=O)Nc1ccc(C=Nn2c(-c3cc(C)c(C)cc3C)csc2=NCC2CCCO2)cc1. The standard InChI is InChI=1S/C26H30N4O2S/c1-17-12-19(3)24(13-18(17)2)25-16-33-26(27-15-23-6-5-11-32-23)30(25)28-14-21-7-9-22(10-8-21)29-20(4)31/h7-10,12-14,16,23H,5-6,11,15H2,1-4H3,(H,29,31). The summed E-state index contributed by atoms with van der Waals surface area (Å²) in [6, 6.07) is 12.1. The summed E-state index contributed by atoms with van der Waals surface area (Å²) in [7, 11) is 0. The van der Waals surface area contributed by atoms with Gasteiger partial charge in [0.25, 0.3) is 0 Å². The fraction of sp³-hybridized carbons (Fsp3) is 0.346. The molecule has 1 amide bonds. The Hall–Kier alpha value is -3.03. The van der Waals surface area contributed by atoms with E-state index >= 15 is 0 Å². The number of nitrogens with one attached hydrogen (secondary N) is 1. The molecule has 1 atom stereocenters. The Balaban J connectivity index is 1.71. The van der Waals surface area contributed by atoms with Gasteiger partial charge in [-0.05, 0) is 74.1 Å². The number of amides is 1. The van der Waals surface area contributed by atoms with Crippen molar-refractivity contribution in [2.24, 2.45) is 10.1 Å². The van der Waals surface area contributed by atoms with E-state index in [2.05, 4.69) is 43.6 Å². The Morgan fingerprint density at radius 1 is 1.18 bits per heavy atom. The van der Waals surface area contributed by atoms with Gasteiger partial charge in [0.15, 0.2) is 0 Å². The van der Waals surface area contributed by atoms with E-state index < -0.39 is 0 Å². The third-order valence-electron chi connectivity index (χ3n) is 5.81. The van der Waals surface area contributed by atoms with Crippen LogP contribution in [0.1, 0.15) is 42.0 Å². The monoisotopic (exact) mass is 462 g/mol. The van der Waals surface area contributed by atoms with Crippen LogP contribution < -0.4 is 10.1 Å². The Bertz CT molecular complexity index is 1230. The first kappa shape index (κ1) is 23.1. The summed E-state index contributed by atoms with van der Waals surface area (Å²) >= 11 is 1.60. The molecular formula is C26H30N4O2S. The van der Waals surface area contributed by atoms with Gasteiger partial charge in [0.2, 0.25) is 10.7 Å². The Kier molecular flexibility index (Phi) is 7.20.